The molecule has 0 spiro atoms. The summed E-state index contributed by atoms with van der Waals surface area (Å²) < 4.78 is 28.4. The Morgan fingerprint density at radius 2 is 0.808 bits per heavy atom. The minimum absolute atomic E-state index is 0.413. The Morgan fingerprint density at radius 3 is 1.00 bits per heavy atom. The molecule has 0 heterocycles. The van der Waals surface area contributed by atoms with E-state index in [1.54, 1.807) is 0 Å². The van der Waals surface area contributed by atoms with Crippen molar-refractivity contribution in [2.75, 3.05) is 59.3 Å². The molecule has 0 atom stereocenters. The van der Waals surface area contributed by atoms with Crippen molar-refractivity contribution >= 4 is 7.82 Å². The number of nitrogens with zero attached hydrogens (tertiary/aromatic N) is 3. The predicted octanol–water partition coefficient (Wildman–Crippen LogP) is 1.56. The van der Waals surface area contributed by atoms with Gasteiger partial charge in [0.25, 0.3) is 0 Å². The normalized spacial score (nSPS) is 12.7. The van der Waals surface area contributed by atoms with Crippen molar-refractivity contribution in [1.82, 2.24) is 31.1 Å². The molecule has 0 bridgehead atoms. The number of nitrogens with one attached hydrogen (secondary N) is 3. The molecule has 158 valence electrons. The lowest BCUT2D eigenvalue weighted by Gasteiger charge is -2.24. The summed E-state index contributed by atoms with van der Waals surface area (Å²) in [5.41, 5.74) is 8.00. The maximum absolute atomic E-state index is 12.8. The Kier molecular flexibility index (Phi) is 15.8. The first kappa shape index (κ1) is 25.9. The Hall–Kier alpha value is -0.130. The van der Waals surface area contributed by atoms with Crippen LogP contribution in [0.15, 0.2) is 0 Å². The van der Waals surface area contributed by atoms with E-state index >= 15 is 0 Å². The molecule has 0 aromatic carbocycles. The smallest absolute Gasteiger partial charge is 0.289 e. The van der Waals surface area contributed by atoms with Gasteiger partial charge in [-0.3, -0.25) is 14.7 Å². The molecule has 0 amide bonds. The third-order valence-corrected chi connectivity index (χ3v) is 5.13. The zero-order valence-corrected chi connectivity index (χ0v) is 18.2. The molecule has 3 N–H and O–H groups in total. The van der Waals surface area contributed by atoms with Crippen molar-refractivity contribution in [3.8, 4) is 0 Å². The van der Waals surface area contributed by atoms with Gasteiger partial charge in [0.05, 0.1) is 20.0 Å². The van der Waals surface area contributed by atoms with Gasteiger partial charge in [-0.1, -0.05) is 41.5 Å². The second-order valence-corrected chi connectivity index (χ2v) is 6.98. The SMILES string of the molecule is CCN(CC)CNOP(=O)(ONCN(CC)CC)ONCN(CC)CC. The first-order chi connectivity index (χ1) is 12.5. The second-order valence-electron chi connectivity index (χ2n) is 5.54. The Morgan fingerprint density at radius 1 is 0.577 bits per heavy atom. The molecule has 11 heteroatoms. The van der Waals surface area contributed by atoms with Crippen molar-refractivity contribution in [2.45, 2.75) is 41.5 Å². The first-order valence-corrected chi connectivity index (χ1v) is 11.0. The van der Waals surface area contributed by atoms with Gasteiger partial charge in [-0.05, 0) is 39.3 Å². The Bertz CT molecular complexity index is 316. The van der Waals surface area contributed by atoms with E-state index < -0.39 is 7.82 Å². The maximum Gasteiger partial charge on any atom is 0.524 e. The molecule has 0 unspecified atom stereocenters. The van der Waals surface area contributed by atoms with E-state index in [9.17, 15) is 4.57 Å². The average Bonchev–Trinajstić information content (AvgIpc) is 2.66. The summed E-state index contributed by atoms with van der Waals surface area (Å²) >= 11 is 0. The average molecular weight is 398 g/mol. The molecule has 0 fully saturated rings. The highest BCUT2D eigenvalue weighted by atomic mass is 31.2. The summed E-state index contributed by atoms with van der Waals surface area (Å²) in [5, 5.41) is 0. The molecule has 0 rings (SSSR count). The van der Waals surface area contributed by atoms with E-state index in [0.717, 1.165) is 39.3 Å². The second kappa shape index (κ2) is 15.9. The summed E-state index contributed by atoms with van der Waals surface area (Å²) in [6.45, 7) is 18.5. The van der Waals surface area contributed by atoms with Crippen LogP contribution in [0, 0.1) is 0 Å². The standard InChI is InChI=1S/C15H39N6O4P/c1-7-19(8-2)13-16-23-26(22,24-17-14-20(9-3)10-4)25-18-15-21(11-5)12-6/h16-18H,7-15H2,1-6H3. The Labute approximate surface area is 159 Å². The van der Waals surface area contributed by atoms with E-state index in [1.165, 1.54) is 0 Å². The third kappa shape index (κ3) is 11.6. The van der Waals surface area contributed by atoms with E-state index in [2.05, 4.69) is 31.1 Å². The number of hydrogen-bond acceptors (Lipinski definition) is 10. The molecule has 0 saturated heterocycles. The van der Waals surface area contributed by atoms with Crippen LogP contribution in [-0.4, -0.2) is 74.0 Å². The number of hydrogen-bond donors (Lipinski definition) is 3. The van der Waals surface area contributed by atoms with Crippen LogP contribution in [0.2, 0.25) is 0 Å². The van der Waals surface area contributed by atoms with Crippen LogP contribution in [0.5, 0.6) is 0 Å². The van der Waals surface area contributed by atoms with Crippen molar-refractivity contribution in [2.24, 2.45) is 0 Å². The van der Waals surface area contributed by atoms with Gasteiger partial charge in [0.15, 0.2) is 0 Å². The molecule has 0 aromatic rings. The van der Waals surface area contributed by atoms with Crippen LogP contribution < -0.4 is 16.4 Å². The third-order valence-electron chi connectivity index (χ3n) is 4.08. The van der Waals surface area contributed by atoms with Gasteiger partial charge in [0.1, 0.15) is 0 Å². The van der Waals surface area contributed by atoms with Gasteiger partial charge >= 0.3 is 7.82 Å². The lowest BCUT2D eigenvalue weighted by atomic mass is 10.6. The monoisotopic (exact) mass is 398 g/mol. The molecule has 0 saturated carbocycles. The van der Waals surface area contributed by atoms with E-state index in [-0.39, 0.29) is 0 Å². The zero-order chi connectivity index (χ0) is 19.8. The van der Waals surface area contributed by atoms with Gasteiger partial charge < -0.3 is 0 Å². The van der Waals surface area contributed by atoms with Gasteiger partial charge in [-0.25, -0.2) is 4.57 Å². The fourth-order valence-electron chi connectivity index (χ4n) is 2.00. The molecule has 0 aliphatic rings. The zero-order valence-electron chi connectivity index (χ0n) is 17.3. The molecular weight excluding hydrogens is 359 g/mol. The van der Waals surface area contributed by atoms with Gasteiger partial charge in [0.2, 0.25) is 0 Å². The van der Waals surface area contributed by atoms with Crippen molar-refractivity contribution in [3.63, 3.8) is 0 Å². The van der Waals surface area contributed by atoms with E-state index in [0.29, 0.717) is 20.0 Å². The number of hydroxylamine groups is 3. The highest BCUT2D eigenvalue weighted by molar-refractivity contribution is 7.48. The van der Waals surface area contributed by atoms with Crippen LogP contribution >= 0.6 is 7.82 Å². The van der Waals surface area contributed by atoms with Crippen LogP contribution in [0.4, 0.5) is 0 Å². The summed E-state index contributed by atoms with van der Waals surface area (Å²) in [6, 6.07) is 0. The highest BCUT2D eigenvalue weighted by Gasteiger charge is 2.29. The molecular formula is C15H39N6O4P. The quantitative estimate of drug-likeness (QED) is 0.179. The largest absolute Gasteiger partial charge is 0.524 e. The summed E-state index contributed by atoms with van der Waals surface area (Å²) in [5.74, 6) is 0. The van der Waals surface area contributed by atoms with Gasteiger partial charge in [0, 0.05) is 0 Å². The fraction of sp³-hybridized carbons (Fsp3) is 1.00. The van der Waals surface area contributed by atoms with Gasteiger partial charge in [-0.15, -0.1) is 0 Å². The van der Waals surface area contributed by atoms with Gasteiger partial charge in [-0.2, -0.15) is 30.3 Å². The molecule has 0 aromatic heterocycles. The van der Waals surface area contributed by atoms with E-state index in [1.807, 2.05) is 41.5 Å². The van der Waals surface area contributed by atoms with Crippen LogP contribution in [0.1, 0.15) is 41.5 Å². The molecule has 0 radical (unpaired) electrons. The highest BCUT2D eigenvalue weighted by Crippen LogP contribution is 2.46. The lowest BCUT2D eigenvalue weighted by molar-refractivity contribution is -0.0122. The molecule has 10 nitrogen and oxygen atoms in total. The minimum Gasteiger partial charge on any atom is -0.289 e. The van der Waals surface area contributed by atoms with Crippen LogP contribution in [-0.2, 0) is 18.4 Å². The van der Waals surface area contributed by atoms with Crippen molar-refractivity contribution in [1.29, 1.82) is 0 Å². The first-order valence-electron chi connectivity index (χ1n) is 9.49. The maximum atomic E-state index is 12.8. The molecule has 0 aliphatic heterocycles. The molecule has 0 aliphatic carbocycles. The summed E-state index contributed by atoms with van der Waals surface area (Å²) in [4.78, 5) is 6.20. The fourth-order valence-corrected chi connectivity index (χ4v) is 2.75. The topological polar surface area (TPSA) is 90.6 Å². The van der Waals surface area contributed by atoms with Crippen LogP contribution in [0.3, 0.4) is 0 Å². The van der Waals surface area contributed by atoms with Crippen LogP contribution in [0.25, 0.3) is 0 Å². The Balaban J connectivity index is 4.55. The summed E-state index contributed by atoms with van der Waals surface area (Å²) in [7, 11) is -3.86. The number of rotatable bonds is 18. The summed E-state index contributed by atoms with van der Waals surface area (Å²) in [6.07, 6.45) is 0. The van der Waals surface area contributed by atoms with Crippen molar-refractivity contribution < 1.29 is 18.4 Å². The predicted molar refractivity (Wildman–Crippen MR) is 104 cm³/mol. The number of phosphoric acid groups is 1. The minimum atomic E-state index is -3.86. The lowest BCUT2D eigenvalue weighted by Crippen LogP contribution is -2.38. The van der Waals surface area contributed by atoms with Crippen molar-refractivity contribution in [3.05, 3.63) is 0 Å². The van der Waals surface area contributed by atoms with E-state index in [4.69, 9.17) is 13.9 Å². The molecule has 26 heavy (non-hydrogen) atoms.